The minimum atomic E-state index is -0.950. The number of likely N-dealkylation sites (N-methyl/N-ethyl adjacent to an activating group) is 1. The first kappa shape index (κ1) is 15.5. The first-order valence-corrected chi connectivity index (χ1v) is 6.87. The Morgan fingerprint density at radius 2 is 2.05 bits per heavy atom. The quantitative estimate of drug-likeness (QED) is 0.804. The predicted octanol–water partition coefficient (Wildman–Crippen LogP) is 0.114. The van der Waals surface area contributed by atoms with Gasteiger partial charge in [-0.1, -0.05) is 30.3 Å². The van der Waals surface area contributed by atoms with Crippen LogP contribution in [0.1, 0.15) is 5.56 Å². The van der Waals surface area contributed by atoms with Gasteiger partial charge in [0.15, 0.2) is 0 Å². The van der Waals surface area contributed by atoms with Crippen molar-refractivity contribution in [2.24, 2.45) is 11.7 Å². The molecule has 1 aliphatic rings. The molecule has 6 nitrogen and oxygen atoms in total. The molecule has 3 N–H and O–H groups in total. The number of nitrogens with zero attached hydrogens (tertiary/aromatic N) is 1. The van der Waals surface area contributed by atoms with E-state index in [0.717, 1.165) is 5.56 Å². The van der Waals surface area contributed by atoms with Crippen LogP contribution in [0.15, 0.2) is 30.3 Å². The molecule has 1 aromatic rings. The molecule has 21 heavy (non-hydrogen) atoms. The number of carbonyl (C=O) groups excluding carboxylic acids is 1. The number of carboxylic acids is 1. The number of ether oxygens (including phenoxy) is 1. The van der Waals surface area contributed by atoms with E-state index in [1.807, 2.05) is 30.3 Å². The fourth-order valence-electron chi connectivity index (χ4n) is 2.54. The summed E-state index contributed by atoms with van der Waals surface area (Å²) in [6.07, 6.45) is 0.426. The van der Waals surface area contributed by atoms with E-state index >= 15 is 0 Å². The molecule has 114 valence electrons. The Labute approximate surface area is 123 Å². The van der Waals surface area contributed by atoms with Gasteiger partial charge < -0.3 is 20.5 Å². The lowest BCUT2D eigenvalue weighted by molar-refractivity contribution is -0.144. The number of benzene rings is 1. The van der Waals surface area contributed by atoms with Crippen LogP contribution in [0.5, 0.6) is 0 Å². The first-order valence-electron chi connectivity index (χ1n) is 6.87. The van der Waals surface area contributed by atoms with Crippen molar-refractivity contribution in [3.8, 4) is 0 Å². The highest BCUT2D eigenvalue weighted by molar-refractivity contribution is 5.83. The molecule has 0 bridgehead atoms. The van der Waals surface area contributed by atoms with E-state index in [1.54, 1.807) is 7.05 Å². The standard InChI is InChI=1S/C15H20N2O4/c1-17(13-9-21-8-11(13)15(19)20)14(18)12(16)7-10-5-3-2-4-6-10/h2-6,11-13H,7-9,16H2,1H3,(H,19,20). The Kier molecular flexibility index (Phi) is 4.93. The van der Waals surface area contributed by atoms with Crippen LogP contribution in [0, 0.1) is 5.92 Å². The summed E-state index contributed by atoms with van der Waals surface area (Å²) in [6.45, 7) is 0.364. The second-order valence-corrected chi connectivity index (χ2v) is 5.29. The fraction of sp³-hybridized carbons (Fsp3) is 0.467. The van der Waals surface area contributed by atoms with Gasteiger partial charge in [-0.05, 0) is 12.0 Å². The smallest absolute Gasteiger partial charge is 0.311 e. The normalized spacial score (nSPS) is 22.8. The van der Waals surface area contributed by atoms with Crippen LogP contribution < -0.4 is 5.73 Å². The second-order valence-electron chi connectivity index (χ2n) is 5.29. The minimum absolute atomic E-state index is 0.130. The van der Waals surface area contributed by atoms with Crippen LogP contribution in [-0.4, -0.2) is 54.2 Å². The highest BCUT2D eigenvalue weighted by atomic mass is 16.5. The zero-order chi connectivity index (χ0) is 15.4. The molecule has 1 fully saturated rings. The summed E-state index contributed by atoms with van der Waals surface area (Å²) in [5, 5.41) is 9.14. The van der Waals surface area contributed by atoms with Crippen LogP contribution in [0.25, 0.3) is 0 Å². The van der Waals surface area contributed by atoms with Gasteiger partial charge in [0.05, 0.1) is 25.3 Å². The van der Waals surface area contributed by atoms with Crippen molar-refractivity contribution in [1.29, 1.82) is 0 Å². The van der Waals surface area contributed by atoms with Gasteiger partial charge in [-0.25, -0.2) is 0 Å². The van der Waals surface area contributed by atoms with Crippen molar-refractivity contribution in [1.82, 2.24) is 4.90 Å². The Bertz CT molecular complexity index is 506. The molecule has 1 heterocycles. The Morgan fingerprint density at radius 3 is 2.67 bits per heavy atom. The minimum Gasteiger partial charge on any atom is -0.481 e. The van der Waals surface area contributed by atoms with Gasteiger partial charge in [-0.3, -0.25) is 9.59 Å². The van der Waals surface area contributed by atoms with Gasteiger partial charge in [0.2, 0.25) is 5.91 Å². The number of carbonyl (C=O) groups is 2. The third-order valence-electron chi connectivity index (χ3n) is 3.83. The monoisotopic (exact) mass is 292 g/mol. The molecule has 1 saturated heterocycles. The van der Waals surface area contributed by atoms with Gasteiger partial charge >= 0.3 is 5.97 Å². The molecule has 0 saturated carbocycles. The van der Waals surface area contributed by atoms with Gasteiger partial charge in [0.25, 0.3) is 0 Å². The van der Waals surface area contributed by atoms with E-state index < -0.39 is 24.0 Å². The molecule has 1 aromatic carbocycles. The van der Waals surface area contributed by atoms with Crippen molar-refractivity contribution < 1.29 is 19.4 Å². The van der Waals surface area contributed by atoms with Gasteiger partial charge in [0.1, 0.15) is 5.92 Å². The largest absolute Gasteiger partial charge is 0.481 e. The second kappa shape index (κ2) is 6.69. The topological polar surface area (TPSA) is 92.9 Å². The van der Waals surface area contributed by atoms with Crippen molar-refractivity contribution in [3.63, 3.8) is 0 Å². The number of rotatable bonds is 5. The Hall–Kier alpha value is -1.92. The zero-order valence-electron chi connectivity index (χ0n) is 11.9. The number of nitrogens with two attached hydrogens (primary N) is 1. The van der Waals surface area contributed by atoms with E-state index in [9.17, 15) is 9.59 Å². The van der Waals surface area contributed by atoms with E-state index in [-0.39, 0.29) is 19.1 Å². The molecule has 0 aliphatic carbocycles. The third kappa shape index (κ3) is 3.59. The maximum Gasteiger partial charge on any atom is 0.311 e. The average Bonchev–Trinajstić information content (AvgIpc) is 2.96. The molecule has 1 aliphatic heterocycles. The molecular weight excluding hydrogens is 272 g/mol. The molecule has 2 rings (SSSR count). The van der Waals surface area contributed by atoms with Crippen LogP contribution in [0.3, 0.4) is 0 Å². The van der Waals surface area contributed by atoms with Crippen LogP contribution in [-0.2, 0) is 20.7 Å². The highest BCUT2D eigenvalue weighted by Crippen LogP contribution is 2.20. The Morgan fingerprint density at radius 1 is 1.38 bits per heavy atom. The average molecular weight is 292 g/mol. The summed E-state index contributed by atoms with van der Waals surface area (Å²) >= 11 is 0. The van der Waals surface area contributed by atoms with Crippen LogP contribution in [0.4, 0.5) is 0 Å². The van der Waals surface area contributed by atoms with E-state index in [1.165, 1.54) is 4.90 Å². The van der Waals surface area contributed by atoms with E-state index in [0.29, 0.717) is 6.42 Å². The van der Waals surface area contributed by atoms with Crippen molar-refractivity contribution in [3.05, 3.63) is 35.9 Å². The molecule has 1 amide bonds. The summed E-state index contributed by atoms with van der Waals surface area (Å²) < 4.78 is 5.18. The lowest BCUT2D eigenvalue weighted by Gasteiger charge is -2.28. The highest BCUT2D eigenvalue weighted by Gasteiger charge is 2.39. The van der Waals surface area contributed by atoms with Crippen LogP contribution >= 0.6 is 0 Å². The van der Waals surface area contributed by atoms with E-state index in [4.69, 9.17) is 15.6 Å². The number of hydrogen-bond acceptors (Lipinski definition) is 4. The molecular formula is C15H20N2O4. The lowest BCUT2D eigenvalue weighted by Crippen LogP contribution is -2.51. The summed E-state index contributed by atoms with van der Waals surface area (Å²) in [5.41, 5.74) is 6.94. The van der Waals surface area contributed by atoms with Crippen molar-refractivity contribution >= 4 is 11.9 Å². The first-order chi connectivity index (χ1) is 10.0. The van der Waals surface area contributed by atoms with Gasteiger partial charge in [0, 0.05) is 7.05 Å². The number of carboxylic acid groups (broad SMARTS) is 1. The van der Waals surface area contributed by atoms with E-state index in [2.05, 4.69) is 0 Å². The zero-order valence-corrected chi connectivity index (χ0v) is 11.9. The fourth-order valence-corrected chi connectivity index (χ4v) is 2.54. The van der Waals surface area contributed by atoms with Gasteiger partial charge in [-0.2, -0.15) is 0 Å². The number of amides is 1. The predicted molar refractivity (Wildman–Crippen MR) is 76.6 cm³/mol. The molecule has 3 unspecified atom stereocenters. The molecule has 3 atom stereocenters. The summed E-state index contributed by atoms with van der Waals surface area (Å²) in [6, 6.07) is 8.35. The summed E-state index contributed by atoms with van der Waals surface area (Å²) in [4.78, 5) is 24.9. The molecule has 0 spiro atoms. The summed E-state index contributed by atoms with van der Waals surface area (Å²) in [5.74, 6) is -1.91. The molecule has 0 aromatic heterocycles. The Balaban J connectivity index is 2.00. The van der Waals surface area contributed by atoms with Gasteiger partial charge in [-0.15, -0.1) is 0 Å². The number of aliphatic carboxylic acids is 1. The number of hydrogen-bond donors (Lipinski definition) is 2. The van der Waals surface area contributed by atoms with Crippen molar-refractivity contribution in [2.75, 3.05) is 20.3 Å². The lowest BCUT2D eigenvalue weighted by atomic mass is 10.0. The third-order valence-corrected chi connectivity index (χ3v) is 3.83. The molecule has 6 heteroatoms. The SMILES string of the molecule is CN(C(=O)C(N)Cc1ccccc1)C1COCC1C(=O)O. The molecule has 0 radical (unpaired) electrons. The maximum absolute atomic E-state index is 12.4. The van der Waals surface area contributed by atoms with Crippen molar-refractivity contribution in [2.45, 2.75) is 18.5 Å². The maximum atomic E-state index is 12.4. The summed E-state index contributed by atoms with van der Waals surface area (Å²) in [7, 11) is 1.59. The van der Waals surface area contributed by atoms with Crippen LogP contribution in [0.2, 0.25) is 0 Å².